The fourth-order valence-electron chi connectivity index (χ4n) is 2.27. The summed E-state index contributed by atoms with van der Waals surface area (Å²) in [6.45, 7) is 2.24. The van der Waals surface area contributed by atoms with Gasteiger partial charge in [0, 0.05) is 5.02 Å². The molecule has 0 N–H and O–H groups in total. The Labute approximate surface area is 143 Å². The average molecular weight is 344 g/mol. The van der Waals surface area contributed by atoms with Crippen LogP contribution in [0, 0.1) is 6.92 Å². The van der Waals surface area contributed by atoms with Crippen LogP contribution in [0.2, 0.25) is 5.02 Å². The molecule has 0 bridgehead atoms. The van der Waals surface area contributed by atoms with Crippen molar-refractivity contribution >= 4 is 40.6 Å². The molecule has 3 rings (SSSR count). The highest BCUT2D eigenvalue weighted by Crippen LogP contribution is 2.33. The monoisotopic (exact) mass is 343 g/mol. The summed E-state index contributed by atoms with van der Waals surface area (Å²) in [6, 6.07) is 15.0. The lowest BCUT2D eigenvalue weighted by Crippen LogP contribution is -2.27. The Hall–Kier alpha value is -2.04. The second-order valence-electron chi connectivity index (χ2n) is 5.31. The summed E-state index contributed by atoms with van der Waals surface area (Å²) in [5.74, 6) is -0.263. The molecule has 0 radical (unpaired) electrons. The van der Waals surface area contributed by atoms with Crippen LogP contribution >= 0.6 is 23.4 Å². The summed E-state index contributed by atoms with van der Waals surface area (Å²) in [5.41, 5.74) is 2.89. The van der Waals surface area contributed by atoms with Crippen molar-refractivity contribution in [1.82, 2.24) is 4.90 Å². The van der Waals surface area contributed by atoms with E-state index >= 15 is 0 Å². The molecule has 1 aliphatic heterocycles. The van der Waals surface area contributed by atoms with Crippen molar-refractivity contribution in [2.45, 2.75) is 13.5 Å². The normalized spacial score (nSPS) is 16.4. The van der Waals surface area contributed by atoms with E-state index in [1.165, 1.54) is 4.90 Å². The van der Waals surface area contributed by atoms with E-state index in [9.17, 15) is 9.59 Å². The summed E-state index contributed by atoms with van der Waals surface area (Å²) >= 11 is 6.92. The van der Waals surface area contributed by atoms with Gasteiger partial charge in [-0.25, -0.2) is 0 Å². The number of carbonyl (C=O) groups is 2. The lowest BCUT2D eigenvalue weighted by molar-refractivity contribution is -0.123. The first-order valence-corrected chi connectivity index (χ1v) is 8.29. The van der Waals surface area contributed by atoms with E-state index in [-0.39, 0.29) is 17.7 Å². The van der Waals surface area contributed by atoms with Gasteiger partial charge in [0.1, 0.15) is 0 Å². The first-order valence-electron chi connectivity index (χ1n) is 7.09. The van der Waals surface area contributed by atoms with Crippen LogP contribution < -0.4 is 0 Å². The zero-order valence-electron chi connectivity index (χ0n) is 12.5. The summed E-state index contributed by atoms with van der Waals surface area (Å²) in [5, 5.41) is 0.331. The van der Waals surface area contributed by atoms with Crippen LogP contribution in [0.4, 0.5) is 4.79 Å². The highest BCUT2D eigenvalue weighted by Gasteiger charge is 2.34. The Morgan fingerprint density at radius 1 is 1.13 bits per heavy atom. The SMILES string of the molecule is Cc1ccc(/C=C2\SC(=O)N(Cc3cccc(Cl)c3)C2=O)cc1. The Kier molecular flexibility index (Phi) is 4.55. The number of nitrogens with zero attached hydrogens (tertiary/aromatic N) is 1. The maximum Gasteiger partial charge on any atom is 0.293 e. The zero-order chi connectivity index (χ0) is 16.4. The number of aryl methyl sites for hydroxylation is 1. The third-order valence-electron chi connectivity index (χ3n) is 3.48. The largest absolute Gasteiger partial charge is 0.293 e. The van der Waals surface area contributed by atoms with Gasteiger partial charge in [0.2, 0.25) is 0 Å². The maximum absolute atomic E-state index is 12.5. The summed E-state index contributed by atoms with van der Waals surface area (Å²) in [7, 11) is 0. The molecule has 1 fully saturated rings. The number of carbonyl (C=O) groups excluding carboxylic acids is 2. The fraction of sp³-hybridized carbons (Fsp3) is 0.111. The van der Waals surface area contributed by atoms with Crippen LogP contribution in [0.1, 0.15) is 16.7 Å². The van der Waals surface area contributed by atoms with Gasteiger partial charge in [0.15, 0.2) is 0 Å². The number of rotatable bonds is 3. The summed E-state index contributed by atoms with van der Waals surface area (Å²) in [4.78, 5) is 26.3. The van der Waals surface area contributed by atoms with Crippen LogP contribution in [0.3, 0.4) is 0 Å². The predicted molar refractivity (Wildman–Crippen MR) is 94.1 cm³/mol. The molecule has 0 aromatic heterocycles. The molecular formula is C18H14ClNO2S. The van der Waals surface area contributed by atoms with Crippen LogP contribution in [-0.2, 0) is 11.3 Å². The van der Waals surface area contributed by atoms with E-state index < -0.39 is 0 Å². The number of imide groups is 1. The molecule has 0 atom stereocenters. The van der Waals surface area contributed by atoms with Crippen molar-refractivity contribution in [3.8, 4) is 0 Å². The molecule has 1 heterocycles. The predicted octanol–water partition coefficient (Wildman–Crippen LogP) is 4.88. The van der Waals surface area contributed by atoms with Gasteiger partial charge in [0.25, 0.3) is 11.1 Å². The quantitative estimate of drug-likeness (QED) is 0.745. The third-order valence-corrected chi connectivity index (χ3v) is 4.62. The van der Waals surface area contributed by atoms with Crippen molar-refractivity contribution in [3.05, 3.63) is 75.1 Å². The van der Waals surface area contributed by atoms with E-state index in [0.717, 1.165) is 28.5 Å². The molecule has 1 saturated heterocycles. The standard InChI is InChI=1S/C18H14ClNO2S/c1-12-5-7-13(8-6-12)10-16-17(21)20(18(22)23-16)11-14-3-2-4-15(19)9-14/h2-10H,11H2,1H3/b16-10-. The van der Waals surface area contributed by atoms with Crippen molar-refractivity contribution in [2.75, 3.05) is 0 Å². The lowest BCUT2D eigenvalue weighted by atomic mass is 10.1. The highest BCUT2D eigenvalue weighted by molar-refractivity contribution is 8.18. The topological polar surface area (TPSA) is 37.4 Å². The van der Waals surface area contributed by atoms with Gasteiger partial charge >= 0.3 is 0 Å². The molecule has 0 unspecified atom stereocenters. The van der Waals surface area contributed by atoms with E-state index in [0.29, 0.717) is 9.93 Å². The van der Waals surface area contributed by atoms with Gasteiger partial charge in [-0.2, -0.15) is 0 Å². The van der Waals surface area contributed by atoms with Gasteiger partial charge in [-0.05, 0) is 48.0 Å². The molecule has 2 aromatic carbocycles. The van der Waals surface area contributed by atoms with Gasteiger partial charge in [-0.15, -0.1) is 0 Å². The summed E-state index contributed by atoms with van der Waals surface area (Å²) < 4.78 is 0. The molecule has 5 heteroatoms. The molecular weight excluding hydrogens is 330 g/mol. The van der Waals surface area contributed by atoms with Crippen molar-refractivity contribution in [1.29, 1.82) is 0 Å². The average Bonchev–Trinajstić information content (AvgIpc) is 2.77. The second-order valence-corrected chi connectivity index (χ2v) is 6.74. The number of amides is 2. The number of benzene rings is 2. The van der Waals surface area contributed by atoms with E-state index in [1.54, 1.807) is 24.3 Å². The van der Waals surface area contributed by atoms with Gasteiger partial charge < -0.3 is 0 Å². The molecule has 0 aliphatic carbocycles. The first kappa shape index (κ1) is 15.8. The number of halogens is 1. The molecule has 23 heavy (non-hydrogen) atoms. The molecule has 2 aromatic rings. The zero-order valence-corrected chi connectivity index (χ0v) is 14.0. The summed E-state index contributed by atoms with van der Waals surface area (Å²) in [6.07, 6.45) is 1.75. The van der Waals surface area contributed by atoms with Gasteiger partial charge in [-0.1, -0.05) is 53.6 Å². The Bertz CT molecular complexity index is 799. The minimum absolute atomic E-state index is 0.233. The Morgan fingerprint density at radius 3 is 2.57 bits per heavy atom. The highest BCUT2D eigenvalue weighted by atomic mass is 35.5. The molecule has 116 valence electrons. The molecule has 2 amide bonds. The van der Waals surface area contributed by atoms with E-state index in [4.69, 9.17) is 11.6 Å². The minimum atomic E-state index is -0.263. The maximum atomic E-state index is 12.5. The van der Waals surface area contributed by atoms with Crippen molar-refractivity contribution < 1.29 is 9.59 Å². The second kappa shape index (κ2) is 6.60. The van der Waals surface area contributed by atoms with Crippen LogP contribution in [0.15, 0.2) is 53.4 Å². The molecule has 1 aliphatic rings. The van der Waals surface area contributed by atoms with Gasteiger partial charge in [0.05, 0.1) is 11.4 Å². The molecule has 3 nitrogen and oxygen atoms in total. The van der Waals surface area contributed by atoms with Crippen LogP contribution in [0.25, 0.3) is 6.08 Å². The minimum Gasteiger partial charge on any atom is -0.268 e. The van der Waals surface area contributed by atoms with Crippen LogP contribution in [-0.4, -0.2) is 16.0 Å². The Morgan fingerprint density at radius 2 is 1.87 bits per heavy atom. The Balaban J connectivity index is 1.81. The van der Waals surface area contributed by atoms with Crippen LogP contribution in [0.5, 0.6) is 0 Å². The number of hydrogen-bond donors (Lipinski definition) is 0. The van der Waals surface area contributed by atoms with E-state index in [2.05, 4.69) is 0 Å². The van der Waals surface area contributed by atoms with E-state index in [1.807, 2.05) is 37.3 Å². The molecule has 0 spiro atoms. The lowest BCUT2D eigenvalue weighted by Gasteiger charge is -2.12. The third kappa shape index (κ3) is 3.66. The first-order chi connectivity index (χ1) is 11.0. The van der Waals surface area contributed by atoms with Crippen molar-refractivity contribution in [2.24, 2.45) is 0 Å². The smallest absolute Gasteiger partial charge is 0.268 e. The van der Waals surface area contributed by atoms with Gasteiger partial charge in [-0.3, -0.25) is 14.5 Å². The molecule has 0 saturated carbocycles. The van der Waals surface area contributed by atoms with Crippen molar-refractivity contribution in [3.63, 3.8) is 0 Å². The number of thioether (sulfide) groups is 1. The fourth-order valence-corrected chi connectivity index (χ4v) is 3.32. The number of hydrogen-bond acceptors (Lipinski definition) is 3.